The van der Waals surface area contributed by atoms with Crippen molar-refractivity contribution in [2.75, 3.05) is 0 Å². The van der Waals surface area contributed by atoms with E-state index in [1.807, 2.05) is 0 Å². The number of ether oxygens (including phenoxy) is 1. The maximum absolute atomic E-state index is 13.1. The smallest absolute Gasteiger partial charge is 0.304 e. The number of halogens is 1. The van der Waals surface area contributed by atoms with Crippen LogP contribution in [0.3, 0.4) is 0 Å². The molecule has 28 heavy (non-hydrogen) atoms. The normalized spacial score (nSPS) is 20.1. The second kappa shape index (κ2) is 7.04. The Kier molecular flexibility index (Phi) is 5.18. The predicted molar refractivity (Wildman–Crippen MR) is 117 cm³/mol. The van der Waals surface area contributed by atoms with Gasteiger partial charge in [0.25, 0.3) is 0 Å². The molecule has 2 aromatic carbocycles. The maximum atomic E-state index is 13.1. The molecule has 0 unspecified atom stereocenters. The van der Waals surface area contributed by atoms with Crippen molar-refractivity contribution < 1.29 is 22.1 Å². The first-order valence-electron chi connectivity index (χ1n) is 8.49. The van der Waals surface area contributed by atoms with E-state index >= 15 is 0 Å². The van der Waals surface area contributed by atoms with Gasteiger partial charge < -0.3 is 14.7 Å². The number of ketones is 1. The van der Waals surface area contributed by atoms with Gasteiger partial charge in [-0.1, -0.05) is 64.5 Å². The number of hydrogen-bond acceptors (Lipinski definition) is 6. The number of carbonyl (C=O) groups is 1. The Labute approximate surface area is 175 Å². The fourth-order valence-electron chi connectivity index (χ4n) is 2.94. The van der Waals surface area contributed by atoms with Crippen LogP contribution in [-0.2, 0) is 33.9 Å². The monoisotopic (exact) mass is 459 g/mol. The van der Waals surface area contributed by atoms with E-state index in [9.17, 15) is 13.2 Å². The minimum Gasteiger partial charge on any atom is -0.467 e. The molecule has 1 heterocycles. The molecule has 0 aliphatic carbocycles. The van der Waals surface area contributed by atoms with Crippen LogP contribution in [0.2, 0.25) is 0 Å². The first-order chi connectivity index (χ1) is 13.0. The molecular weight excluding hydrogens is 443 g/mol. The number of nitrogens with two attached hydrogens (primary N) is 1. The first-order valence-corrected chi connectivity index (χ1v) is 10.7. The Morgan fingerprint density at radius 2 is 1.64 bits per heavy atom. The molecule has 3 rings (SSSR count). The van der Waals surface area contributed by atoms with Crippen LogP contribution in [0.25, 0.3) is 0 Å². The number of carbonyl (C=O) groups excluding carboxylic acids is 1. The van der Waals surface area contributed by atoms with Crippen LogP contribution in [0.4, 0.5) is 0 Å². The molecule has 0 saturated carbocycles. The molecule has 6 nitrogen and oxygen atoms in total. The lowest BCUT2D eigenvalue weighted by molar-refractivity contribution is -0.126. The summed E-state index contributed by atoms with van der Waals surface area (Å²) in [5, 5.41) is 0. The van der Waals surface area contributed by atoms with E-state index in [4.69, 9.17) is 14.7 Å². The second-order valence-corrected chi connectivity index (χ2v) is 10.0. The summed E-state index contributed by atoms with van der Waals surface area (Å²) >= 11 is 3.38. The molecular formula is C17H17B3BrNO5S. The van der Waals surface area contributed by atoms with E-state index in [0.29, 0.717) is 15.6 Å². The lowest BCUT2D eigenvalue weighted by atomic mass is 9.65. The van der Waals surface area contributed by atoms with Gasteiger partial charge in [0.05, 0.1) is 4.55 Å². The molecule has 0 radical (unpaired) electrons. The quantitative estimate of drug-likeness (QED) is 0.473. The van der Waals surface area contributed by atoms with Crippen LogP contribution in [-0.4, -0.2) is 37.7 Å². The van der Waals surface area contributed by atoms with Gasteiger partial charge in [0, 0.05) is 10.0 Å². The Bertz CT molecular complexity index is 1080. The van der Waals surface area contributed by atoms with Gasteiger partial charge in [0.1, 0.15) is 15.7 Å². The van der Waals surface area contributed by atoms with Crippen LogP contribution in [0.5, 0.6) is 0 Å². The third-order valence-electron chi connectivity index (χ3n) is 4.85. The van der Waals surface area contributed by atoms with Crippen LogP contribution in [0.15, 0.2) is 70.7 Å². The number of Topliss-reactive ketones (excluding diaryl/α,β-unsaturated/α-hetero) is 1. The lowest BCUT2D eigenvalue weighted by Crippen LogP contribution is -2.40. The molecule has 1 atom stereocenters. The van der Waals surface area contributed by atoms with Crippen molar-refractivity contribution in [1.82, 2.24) is 0 Å². The average Bonchev–Trinajstić information content (AvgIpc) is 2.86. The van der Waals surface area contributed by atoms with Crippen LogP contribution < -0.4 is 5.73 Å². The van der Waals surface area contributed by atoms with Crippen LogP contribution in [0, 0.1) is 0 Å². The molecule has 0 amide bonds. The molecule has 1 aliphatic heterocycles. The van der Waals surface area contributed by atoms with Gasteiger partial charge in [-0.25, -0.2) is 0 Å². The summed E-state index contributed by atoms with van der Waals surface area (Å²) in [6.45, 7) is 0. The summed E-state index contributed by atoms with van der Waals surface area (Å²) in [6, 6.07) is 15.6. The van der Waals surface area contributed by atoms with Gasteiger partial charge in [-0.2, -0.15) is 8.42 Å². The second-order valence-electron chi connectivity index (χ2n) is 7.05. The summed E-state index contributed by atoms with van der Waals surface area (Å²) in [5.74, 6) is -1.54. The van der Waals surface area contributed by atoms with E-state index in [2.05, 4.69) is 15.9 Å². The van der Waals surface area contributed by atoms with Gasteiger partial charge in [0.15, 0.2) is 13.3 Å². The first kappa shape index (κ1) is 20.6. The summed E-state index contributed by atoms with van der Waals surface area (Å²) in [4.78, 5) is 13.1. The van der Waals surface area contributed by atoms with Crippen LogP contribution >= 0.6 is 15.9 Å². The Hall–Kier alpha value is -2.13. The van der Waals surface area contributed by atoms with E-state index in [1.54, 1.807) is 54.6 Å². The average molecular weight is 460 g/mol. The molecule has 142 valence electrons. The minimum absolute atomic E-state index is 0.365. The van der Waals surface area contributed by atoms with E-state index < -0.39 is 31.7 Å². The summed E-state index contributed by atoms with van der Waals surface area (Å²) < 4.78 is 36.0. The molecule has 0 spiro atoms. The van der Waals surface area contributed by atoms with Gasteiger partial charge in [0.2, 0.25) is 17.4 Å². The topological polar surface area (TPSA) is 95.7 Å². The highest BCUT2D eigenvalue weighted by molar-refractivity contribution is 9.10. The largest absolute Gasteiger partial charge is 0.467 e. The Morgan fingerprint density at radius 3 is 2.25 bits per heavy atom. The SMILES string of the molecule is BC(B)(c1ccccc1)S(=O)(=O)OC1=C(N)O[C@](B)(c2ccccc2Br)C1=O. The zero-order chi connectivity index (χ0) is 20.7. The van der Waals surface area contributed by atoms with Gasteiger partial charge in [-0.05, 0) is 11.6 Å². The van der Waals surface area contributed by atoms with E-state index in [-0.39, 0.29) is 5.88 Å². The van der Waals surface area contributed by atoms with E-state index in [0.717, 1.165) is 0 Å². The highest BCUT2D eigenvalue weighted by atomic mass is 79.9. The molecule has 11 heteroatoms. The van der Waals surface area contributed by atoms with Crippen molar-refractivity contribution in [3.05, 3.63) is 81.8 Å². The van der Waals surface area contributed by atoms with Crippen LogP contribution in [0.1, 0.15) is 11.1 Å². The summed E-state index contributed by atoms with van der Waals surface area (Å²) in [5.41, 5.74) is 5.40. The Balaban J connectivity index is 1.96. The van der Waals surface area contributed by atoms with Crippen molar-refractivity contribution in [2.45, 2.75) is 10.0 Å². The Morgan fingerprint density at radius 1 is 1.07 bits per heavy atom. The molecule has 0 saturated heterocycles. The molecule has 0 aromatic heterocycles. The summed E-state index contributed by atoms with van der Waals surface area (Å²) in [6.07, 6.45) is 0. The molecule has 2 N–H and O–H groups in total. The predicted octanol–water partition coefficient (Wildman–Crippen LogP) is -0.615. The fraction of sp³-hybridized carbons (Fsp3) is 0.118. The highest BCUT2D eigenvalue weighted by Gasteiger charge is 2.51. The van der Waals surface area contributed by atoms with Crippen molar-refractivity contribution in [3.63, 3.8) is 0 Å². The number of hydrogen-bond donors (Lipinski definition) is 1. The highest BCUT2D eigenvalue weighted by Crippen LogP contribution is 2.40. The van der Waals surface area contributed by atoms with Crippen molar-refractivity contribution in [1.29, 1.82) is 0 Å². The number of benzene rings is 2. The third-order valence-corrected chi connectivity index (χ3v) is 7.42. The van der Waals surface area contributed by atoms with Crippen molar-refractivity contribution in [2.24, 2.45) is 5.73 Å². The minimum atomic E-state index is -4.26. The molecule has 0 fully saturated rings. The van der Waals surface area contributed by atoms with Gasteiger partial charge >= 0.3 is 10.1 Å². The number of rotatable bonds is 5. The maximum Gasteiger partial charge on any atom is 0.304 e. The zero-order valence-corrected chi connectivity index (χ0v) is 18.0. The van der Waals surface area contributed by atoms with Crippen molar-refractivity contribution >= 4 is 55.4 Å². The summed E-state index contributed by atoms with van der Waals surface area (Å²) in [7, 11) is 0.270. The lowest BCUT2D eigenvalue weighted by Gasteiger charge is -2.26. The van der Waals surface area contributed by atoms with Gasteiger partial charge in [-0.3, -0.25) is 4.79 Å². The standard InChI is InChI=1S/C17H17B3BrNO5S/c18-16(11-8-4-5-9-12(11)21)14(23)13(15(22)26-16)27-28(24,25)17(19,20)10-6-2-1-3-7-10/h1-9H,18-20,22H2/t16-/m1/s1. The molecule has 1 aliphatic rings. The zero-order valence-electron chi connectivity index (χ0n) is 15.6. The third kappa shape index (κ3) is 3.26. The van der Waals surface area contributed by atoms with E-state index in [1.165, 1.54) is 23.5 Å². The molecule has 0 bridgehead atoms. The van der Waals surface area contributed by atoms with Gasteiger partial charge in [-0.15, -0.1) is 0 Å². The van der Waals surface area contributed by atoms with Crippen molar-refractivity contribution in [3.8, 4) is 0 Å². The fourth-order valence-corrected chi connectivity index (χ4v) is 4.62. The molecule has 2 aromatic rings.